The molecule has 1 aliphatic heterocycles. The fourth-order valence-electron chi connectivity index (χ4n) is 3.37. The van der Waals surface area contributed by atoms with Crippen LogP contribution in [0.4, 0.5) is 0 Å². The number of halogens is 1. The number of rotatable bonds is 4. The molecule has 1 atom stereocenters. The number of hydrogen-bond donors (Lipinski definition) is 0. The molecule has 7 heteroatoms. The van der Waals surface area contributed by atoms with Gasteiger partial charge in [0.05, 0.1) is 41.1 Å². The number of fused-ring (bicyclic) bond motifs is 3. The Morgan fingerprint density at radius 2 is 2.03 bits per heavy atom. The molecule has 0 saturated heterocycles. The van der Waals surface area contributed by atoms with Gasteiger partial charge in [-0.2, -0.15) is 10.2 Å². The summed E-state index contributed by atoms with van der Waals surface area (Å²) < 4.78 is 13.8. The minimum atomic E-state index is -0.131. The summed E-state index contributed by atoms with van der Waals surface area (Å²) in [5, 5.41) is 9.71. The molecule has 0 radical (unpaired) electrons. The molecule has 5 rings (SSSR count). The van der Waals surface area contributed by atoms with Crippen molar-refractivity contribution in [2.75, 3.05) is 6.61 Å². The second-order valence-electron chi connectivity index (χ2n) is 6.76. The lowest BCUT2D eigenvalue weighted by Crippen LogP contribution is -2.23. The van der Waals surface area contributed by atoms with E-state index in [1.54, 1.807) is 18.3 Å². The highest BCUT2D eigenvalue weighted by atomic mass is 35.5. The number of nitrogens with zero attached hydrogens (tertiary/aromatic N) is 4. The van der Waals surface area contributed by atoms with Crippen molar-refractivity contribution in [2.24, 2.45) is 0 Å². The van der Waals surface area contributed by atoms with Gasteiger partial charge in [-0.15, -0.1) is 0 Å². The molecule has 4 aromatic rings. The Morgan fingerprint density at radius 1 is 1.17 bits per heavy atom. The van der Waals surface area contributed by atoms with Gasteiger partial charge in [0.2, 0.25) is 0 Å². The Hall–Kier alpha value is -3.56. The van der Waals surface area contributed by atoms with Crippen LogP contribution in [-0.4, -0.2) is 27.2 Å². The maximum Gasteiger partial charge on any atom is 0.297 e. The lowest BCUT2D eigenvalue weighted by Gasteiger charge is -2.12. The summed E-state index contributed by atoms with van der Waals surface area (Å²) in [6.07, 6.45) is 1.57. The molecule has 0 saturated carbocycles. The van der Waals surface area contributed by atoms with Gasteiger partial charge in [-0.05, 0) is 42.5 Å². The molecule has 0 unspecified atom stereocenters. The summed E-state index contributed by atoms with van der Waals surface area (Å²) in [5.74, 6) is 0.680. The number of aromatic nitrogens is 3. The molecular weight excluding hydrogens is 388 g/mol. The van der Waals surface area contributed by atoms with Gasteiger partial charge >= 0.3 is 0 Å². The first-order chi connectivity index (χ1) is 14.2. The van der Waals surface area contributed by atoms with Crippen molar-refractivity contribution in [2.45, 2.75) is 12.6 Å². The first-order valence-electron chi connectivity index (χ1n) is 9.11. The van der Waals surface area contributed by atoms with Crippen LogP contribution < -0.4 is 9.47 Å². The van der Waals surface area contributed by atoms with Crippen molar-refractivity contribution in [3.05, 3.63) is 71.4 Å². The predicted molar refractivity (Wildman–Crippen MR) is 109 cm³/mol. The van der Waals surface area contributed by atoms with E-state index in [1.807, 2.05) is 47.0 Å². The summed E-state index contributed by atoms with van der Waals surface area (Å²) >= 11 is 5.93. The van der Waals surface area contributed by atoms with Crippen molar-refractivity contribution >= 4 is 22.6 Å². The highest BCUT2D eigenvalue weighted by molar-refractivity contribution is 6.30. The Balaban J connectivity index is 1.24. The van der Waals surface area contributed by atoms with Crippen molar-refractivity contribution in [1.29, 1.82) is 5.26 Å². The van der Waals surface area contributed by atoms with Gasteiger partial charge in [0.15, 0.2) is 6.10 Å². The molecule has 0 spiro atoms. The van der Waals surface area contributed by atoms with Crippen LogP contribution in [0.1, 0.15) is 5.56 Å². The lowest BCUT2D eigenvalue weighted by atomic mass is 10.1. The first kappa shape index (κ1) is 17.5. The zero-order valence-corrected chi connectivity index (χ0v) is 16.0. The van der Waals surface area contributed by atoms with E-state index in [9.17, 15) is 0 Å². The molecule has 0 N–H and O–H groups in total. The van der Waals surface area contributed by atoms with E-state index in [0.29, 0.717) is 35.5 Å². The van der Waals surface area contributed by atoms with Gasteiger partial charge < -0.3 is 9.47 Å². The van der Waals surface area contributed by atoms with Gasteiger partial charge in [0.1, 0.15) is 12.4 Å². The SMILES string of the molecule is N#Cc1ccc2c(c1)nc1n2C[C@@H](COc2ccc(-c3ccc(Cl)cc3)nc2)O1. The third-order valence-corrected chi connectivity index (χ3v) is 5.06. The van der Waals surface area contributed by atoms with Gasteiger partial charge in [0, 0.05) is 10.6 Å². The molecule has 3 heterocycles. The van der Waals surface area contributed by atoms with Crippen LogP contribution in [0.3, 0.4) is 0 Å². The molecule has 142 valence electrons. The molecule has 2 aromatic heterocycles. The Kier molecular flexibility index (Phi) is 4.30. The maximum atomic E-state index is 9.01. The second kappa shape index (κ2) is 7.12. The van der Waals surface area contributed by atoms with E-state index < -0.39 is 0 Å². The predicted octanol–water partition coefficient (Wildman–Crippen LogP) is 4.46. The zero-order valence-electron chi connectivity index (χ0n) is 15.2. The van der Waals surface area contributed by atoms with Crippen LogP contribution >= 0.6 is 11.6 Å². The highest BCUT2D eigenvalue weighted by Crippen LogP contribution is 2.29. The summed E-state index contributed by atoms with van der Waals surface area (Å²) in [6, 6.07) is 19.5. The second-order valence-corrected chi connectivity index (χ2v) is 7.19. The normalized spacial score (nSPS) is 15.0. The number of nitriles is 1. The Bertz CT molecular complexity index is 1230. The average molecular weight is 403 g/mol. The summed E-state index contributed by atoms with van der Waals surface area (Å²) in [5.41, 5.74) is 4.16. The fourth-order valence-corrected chi connectivity index (χ4v) is 3.49. The van der Waals surface area contributed by atoms with Crippen LogP contribution in [-0.2, 0) is 6.54 Å². The number of imidazole rings is 1. The van der Waals surface area contributed by atoms with E-state index in [-0.39, 0.29) is 6.10 Å². The maximum absolute atomic E-state index is 9.01. The third kappa shape index (κ3) is 3.37. The summed E-state index contributed by atoms with van der Waals surface area (Å²) in [4.78, 5) is 8.93. The van der Waals surface area contributed by atoms with Crippen LogP contribution in [0.2, 0.25) is 5.02 Å². The Morgan fingerprint density at radius 3 is 2.79 bits per heavy atom. The molecule has 29 heavy (non-hydrogen) atoms. The van der Waals surface area contributed by atoms with Crippen LogP contribution in [0.25, 0.3) is 22.3 Å². The molecule has 1 aliphatic rings. The molecule has 0 amide bonds. The largest absolute Gasteiger partial charge is 0.488 e. The number of hydrogen-bond acceptors (Lipinski definition) is 5. The minimum Gasteiger partial charge on any atom is -0.488 e. The van der Waals surface area contributed by atoms with E-state index in [4.69, 9.17) is 26.3 Å². The van der Waals surface area contributed by atoms with Crippen molar-refractivity contribution < 1.29 is 9.47 Å². The lowest BCUT2D eigenvalue weighted by molar-refractivity contribution is 0.143. The zero-order chi connectivity index (χ0) is 19.8. The van der Waals surface area contributed by atoms with Crippen LogP contribution in [0.15, 0.2) is 60.8 Å². The van der Waals surface area contributed by atoms with Crippen molar-refractivity contribution in [3.8, 4) is 29.1 Å². The van der Waals surface area contributed by atoms with Crippen molar-refractivity contribution in [3.63, 3.8) is 0 Å². The monoisotopic (exact) mass is 402 g/mol. The Labute approximate surface area is 171 Å². The van der Waals surface area contributed by atoms with E-state index in [2.05, 4.69) is 16.0 Å². The minimum absolute atomic E-state index is 0.131. The van der Waals surface area contributed by atoms with E-state index in [1.165, 1.54) is 0 Å². The number of benzene rings is 2. The van der Waals surface area contributed by atoms with Crippen molar-refractivity contribution in [1.82, 2.24) is 14.5 Å². The van der Waals surface area contributed by atoms with Crippen LogP contribution in [0.5, 0.6) is 11.8 Å². The standard InChI is InChI=1S/C22H15ClN4O2/c23-16-4-2-15(3-5-16)19-7-6-17(11-25-19)28-13-18-12-27-21-8-1-14(10-24)9-20(21)26-22(27)29-18/h1-9,11,18H,12-13H2/t18-/m0/s1. The molecular formula is C22H15ClN4O2. The molecule has 0 fully saturated rings. The average Bonchev–Trinajstić information content (AvgIpc) is 3.30. The van der Waals surface area contributed by atoms with Gasteiger partial charge in [0.25, 0.3) is 6.01 Å². The van der Waals surface area contributed by atoms with E-state index in [0.717, 1.165) is 22.3 Å². The quantitative estimate of drug-likeness (QED) is 0.503. The molecule has 0 aliphatic carbocycles. The number of ether oxygens (including phenoxy) is 2. The first-order valence-corrected chi connectivity index (χ1v) is 9.49. The molecule has 0 bridgehead atoms. The van der Waals surface area contributed by atoms with E-state index >= 15 is 0 Å². The van der Waals surface area contributed by atoms with Crippen LogP contribution in [0, 0.1) is 11.3 Å². The molecule has 6 nitrogen and oxygen atoms in total. The van der Waals surface area contributed by atoms with Gasteiger partial charge in [-0.3, -0.25) is 9.55 Å². The summed E-state index contributed by atoms with van der Waals surface area (Å²) in [7, 11) is 0. The highest BCUT2D eigenvalue weighted by Gasteiger charge is 2.27. The van der Waals surface area contributed by atoms with Gasteiger partial charge in [-0.1, -0.05) is 23.7 Å². The topological polar surface area (TPSA) is 73.0 Å². The third-order valence-electron chi connectivity index (χ3n) is 4.81. The number of pyridine rings is 1. The summed E-state index contributed by atoms with van der Waals surface area (Å²) in [6.45, 7) is 1.04. The molecule has 2 aromatic carbocycles. The fraction of sp³-hybridized carbons (Fsp3) is 0.136. The smallest absolute Gasteiger partial charge is 0.297 e. The van der Waals surface area contributed by atoms with Gasteiger partial charge in [-0.25, -0.2) is 0 Å².